The number of phenolic OH excluding ortho intramolecular Hbond substituents is 1. The van der Waals surface area contributed by atoms with Crippen molar-refractivity contribution >= 4 is 17.4 Å². The number of thiophene rings is 1. The van der Waals surface area contributed by atoms with Crippen molar-refractivity contribution in [3.05, 3.63) is 82.0 Å². The van der Waals surface area contributed by atoms with Crippen LogP contribution in [0.25, 0.3) is 0 Å². The second-order valence-electron chi connectivity index (χ2n) is 10.0. The number of phenols is 1. The molecule has 7 nitrogen and oxygen atoms in total. The third-order valence-electron chi connectivity index (χ3n) is 7.42. The molecule has 1 aromatic heterocycles. The molecule has 1 aliphatic rings. The van der Waals surface area contributed by atoms with E-state index in [1.54, 1.807) is 24.5 Å². The number of carboxylic acid groups (broad SMARTS) is 1. The number of carbonyl (C=O) groups is 1. The minimum absolute atomic E-state index is 0.0861. The van der Waals surface area contributed by atoms with Crippen LogP contribution >= 0.6 is 11.3 Å². The molecule has 1 saturated heterocycles. The fourth-order valence-corrected chi connectivity index (χ4v) is 5.94. The predicted octanol–water partition coefficient (Wildman–Crippen LogP) is 5.63. The molecule has 198 valence electrons. The first-order valence-corrected chi connectivity index (χ1v) is 13.6. The number of amides is 1. The van der Waals surface area contributed by atoms with Gasteiger partial charge in [0, 0.05) is 50.1 Å². The zero-order valence-corrected chi connectivity index (χ0v) is 22.7. The van der Waals surface area contributed by atoms with Crippen molar-refractivity contribution in [1.82, 2.24) is 14.7 Å². The molecule has 0 unspecified atom stereocenters. The number of hydrogen-bond acceptors (Lipinski definition) is 6. The van der Waals surface area contributed by atoms with Gasteiger partial charge in [-0.3, -0.25) is 9.80 Å². The molecule has 0 saturated carbocycles. The molecular weight excluding hydrogens is 486 g/mol. The van der Waals surface area contributed by atoms with Gasteiger partial charge in [-0.2, -0.15) is 0 Å². The highest BCUT2D eigenvalue weighted by Crippen LogP contribution is 2.39. The van der Waals surface area contributed by atoms with Gasteiger partial charge >= 0.3 is 6.09 Å². The van der Waals surface area contributed by atoms with Gasteiger partial charge in [-0.15, -0.1) is 11.3 Å². The van der Waals surface area contributed by atoms with Crippen LogP contribution in [0.5, 0.6) is 11.5 Å². The monoisotopic (exact) mass is 523 g/mol. The van der Waals surface area contributed by atoms with Crippen LogP contribution in [-0.2, 0) is 12.1 Å². The van der Waals surface area contributed by atoms with Gasteiger partial charge in [-0.25, -0.2) is 4.79 Å². The number of benzene rings is 2. The Bertz CT molecular complexity index is 1160. The normalized spacial score (nSPS) is 16.4. The van der Waals surface area contributed by atoms with Crippen molar-refractivity contribution < 1.29 is 19.7 Å². The Balaban J connectivity index is 1.41. The van der Waals surface area contributed by atoms with Gasteiger partial charge < -0.3 is 19.8 Å². The summed E-state index contributed by atoms with van der Waals surface area (Å²) in [5.74, 6) is 1.11. The fraction of sp³-hybridized carbons (Fsp3) is 0.414. The van der Waals surface area contributed by atoms with E-state index in [0.29, 0.717) is 18.7 Å². The molecule has 0 bridgehead atoms. The third kappa shape index (κ3) is 6.63. The summed E-state index contributed by atoms with van der Waals surface area (Å²) in [6.07, 6.45) is 1.42. The van der Waals surface area contributed by atoms with E-state index >= 15 is 0 Å². The molecule has 3 aromatic rings. The number of aromatic hydroxyl groups is 1. The molecule has 0 radical (unpaired) electrons. The summed E-state index contributed by atoms with van der Waals surface area (Å²) < 4.78 is 6.39. The number of hydrogen-bond donors (Lipinski definition) is 2. The first kappa shape index (κ1) is 27.0. The van der Waals surface area contributed by atoms with Crippen LogP contribution in [0, 0.1) is 0 Å². The quantitative estimate of drug-likeness (QED) is 0.359. The maximum absolute atomic E-state index is 11.2. The molecule has 4 rings (SSSR count). The van der Waals surface area contributed by atoms with Crippen molar-refractivity contribution in [2.45, 2.75) is 37.5 Å². The highest BCUT2D eigenvalue weighted by molar-refractivity contribution is 7.10. The van der Waals surface area contributed by atoms with Crippen molar-refractivity contribution in [2.24, 2.45) is 0 Å². The number of rotatable bonds is 10. The van der Waals surface area contributed by atoms with Gasteiger partial charge in [-0.05, 0) is 73.8 Å². The summed E-state index contributed by atoms with van der Waals surface area (Å²) in [4.78, 5) is 18.4. The van der Waals surface area contributed by atoms with Gasteiger partial charge in [0.15, 0.2) is 0 Å². The summed E-state index contributed by atoms with van der Waals surface area (Å²) >= 11 is 1.63. The van der Waals surface area contributed by atoms with Crippen LogP contribution in [0.1, 0.15) is 41.4 Å². The Morgan fingerprint density at radius 3 is 2.49 bits per heavy atom. The van der Waals surface area contributed by atoms with Crippen LogP contribution in [0.3, 0.4) is 0 Å². The smallest absolute Gasteiger partial charge is 0.407 e. The highest BCUT2D eigenvalue weighted by Gasteiger charge is 2.38. The van der Waals surface area contributed by atoms with E-state index < -0.39 is 6.09 Å². The Labute approximate surface area is 223 Å². The van der Waals surface area contributed by atoms with Crippen molar-refractivity contribution in [3.8, 4) is 11.5 Å². The lowest BCUT2D eigenvalue weighted by Gasteiger charge is -2.46. The third-order valence-corrected chi connectivity index (χ3v) is 8.38. The number of nitrogens with zero attached hydrogens (tertiary/aromatic N) is 3. The molecule has 8 heteroatoms. The zero-order chi connectivity index (χ0) is 26.4. The van der Waals surface area contributed by atoms with E-state index in [1.807, 2.05) is 41.8 Å². The number of ether oxygens (including phenoxy) is 1. The molecule has 0 spiro atoms. The van der Waals surface area contributed by atoms with E-state index in [-0.39, 0.29) is 11.6 Å². The molecule has 1 fully saturated rings. The maximum Gasteiger partial charge on any atom is 0.407 e. The van der Waals surface area contributed by atoms with E-state index in [4.69, 9.17) is 4.74 Å². The van der Waals surface area contributed by atoms with Crippen LogP contribution in [0.15, 0.2) is 66.0 Å². The largest absolute Gasteiger partial charge is 0.508 e. The molecule has 1 amide bonds. The molecule has 1 aliphatic heterocycles. The van der Waals surface area contributed by atoms with Gasteiger partial charge in [0.25, 0.3) is 0 Å². The van der Waals surface area contributed by atoms with Crippen LogP contribution in [0.2, 0.25) is 0 Å². The first-order chi connectivity index (χ1) is 17.8. The average molecular weight is 524 g/mol. The van der Waals surface area contributed by atoms with Crippen molar-refractivity contribution in [3.63, 3.8) is 0 Å². The van der Waals surface area contributed by atoms with Gasteiger partial charge in [0.1, 0.15) is 17.6 Å². The second-order valence-corrected chi connectivity index (χ2v) is 11.0. The van der Waals surface area contributed by atoms with E-state index in [0.717, 1.165) is 43.1 Å². The minimum atomic E-state index is -0.934. The molecule has 2 aromatic carbocycles. The molecule has 0 aliphatic carbocycles. The topological polar surface area (TPSA) is 76.5 Å². The van der Waals surface area contributed by atoms with E-state index in [9.17, 15) is 15.0 Å². The maximum atomic E-state index is 11.2. The number of piperidine rings is 1. The molecule has 37 heavy (non-hydrogen) atoms. The van der Waals surface area contributed by atoms with E-state index in [1.165, 1.54) is 16.0 Å². The molecular formula is C29H37N3O4S. The predicted molar refractivity (Wildman–Crippen MR) is 147 cm³/mol. The fourth-order valence-electron chi connectivity index (χ4n) is 5.15. The van der Waals surface area contributed by atoms with E-state index in [2.05, 4.69) is 42.1 Å². The Morgan fingerprint density at radius 2 is 1.84 bits per heavy atom. The average Bonchev–Trinajstić information content (AvgIpc) is 3.42. The second kappa shape index (κ2) is 12.0. The van der Waals surface area contributed by atoms with Gasteiger partial charge in [0.2, 0.25) is 0 Å². The van der Waals surface area contributed by atoms with Crippen LogP contribution in [0.4, 0.5) is 4.79 Å². The zero-order valence-electron chi connectivity index (χ0n) is 21.8. The summed E-state index contributed by atoms with van der Waals surface area (Å²) in [6, 6.07) is 19.9. The highest BCUT2D eigenvalue weighted by atomic mass is 32.1. The summed E-state index contributed by atoms with van der Waals surface area (Å²) in [5, 5.41) is 21.3. The lowest BCUT2D eigenvalue weighted by Crippen LogP contribution is -2.50. The molecule has 2 N–H and O–H groups in total. The lowest BCUT2D eigenvalue weighted by atomic mass is 9.79. The summed E-state index contributed by atoms with van der Waals surface area (Å²) in [6.45, 7) is 3.15. The SMILES string of the molecule is CN(CC[C@H](Oc1cccc(CN2CCC(c3cccc(O)c3)(N(C)C)CC2)c1)c1cccs1)C(=O)O. The van der Waals surface area contributed by atoms with Crippen LogP contribution < -0.4 is 4.74 Å². The Hall–Kier alpha value is -3.07. The van der Waals surface area contributed by atoms with Crippen LogP contribution in [-0.4, -0.2) is 71.8 Å². The Morgan fingerprint density at radius 1 is 1.08 bits per heavy atom. The van der Waals surface area contributed by atoms with Crippen molar-refractivity contribution in [2.75, 3.05) is 40.8 Å². The standard InChI is InChI=1S/C29H37N3O4S/c1-30(2)29(23-8-5-9-24(33)20-23)13-16-32(17-14-29)21-22-7-4-10-25(19-22)36-26(27-11-6-18-37-27)12-15-31(3)28(34)35/h4-11,18-20,26,33H,12-17,21H2,1-3H3,(H,34,35)/t26-/m0/s1. The number of likely N-dealkylation sites (tertiary alicyclic amines) is 1. The minimum Gasteiger partial charge on any atom is -0.508 e. The van der Waals surface area contributed by atoms with Gasteiger partial charge in [0.05, 0.1) is 0 Å². The molecule has 1 atom stereocenters. The summed E-state index contributed by atoms with van der Waals surface area (Å²) in [7, 11) is 5.83. The van der Waals surface area contributed by atoms with Gasteiger partial charge in [-0.1, -0.05) is 30.3 Å². The first-order valence-electron chi connectivity index (χ1n) is 12.7. The summed E-state index contributed by atoms with van der Waals surface area (Å²) in [5.41, 5.74) is 2.28. The molecule has 2 heterocycles. The lowest BCUT2D eigenvalue weighted by molar-refractivity contribution is 0.0505. The van der Waals surface area contributed by atoms with Crippen molar-refractivity contribution in [1.29, 1.82) is 0 Å². The Kier molecular flexibility index (Phi) is 8.74.